The van der Waals surface area contributed by atoms with Gasteiger partial charge < -0.3 is 10.6 Å². The Morgan fingerprint density at radius 1 is 1.05 bits per heavy atom. The monoisotopic (exact) mass is 290 g/mol. The number of aromatic nitrogens is 2. The van der Waals surface area contributed by atoms with Crippen LogP contribution in [0.3, 0.4) is 0 Å². The van der Waals surface area contributed by atoms with Crippen LogP contribution < -0.4 is 10.6 Å². The van der Waals surface area contributed by atoms with Crippen LogP contribution in [0.1, 0.15) is 58.4 Å². The first-order chi connectivity index (χ1) is 10.2. The van der Waals surface area contributed by atoms with Crippen LogP contribution in [-0.2, 0) is 6.42 Å². The van der Waals surface area contributed by atoms with Crippen molar-refractivity contribution in [1.29, 1.82) is 0 Å². The van der Waals surface area contributed by atoms with Crippen molar-refractivity contribution < 1.29 is 0 Å². The van der Waals surface area contributed by atoms with Crippen LogP contribution in [0.15, 0.2) is 6.33 Å². The molecule has 0 unspecified atom stereocenters. The molecule has 0 bridgehead atoms. The van der Waals surface area contributed by atoms with Gasteiger partial charge in [-0.3, -0.25) is 0 Å². The molecule has 4 heteroatoms. The van der Waals surface area contributed by atoms with E-state index in [-0.39, 0.29) is 0 Å². The smallest absolute Gasteiger partial charge is 0.134 e. The summed E-state index contributed by atoms with van der Waals surface area (Å²) < 4.78 is 0. The van der Waals surface area contributed by atoms with Gasteiger partial charge >= 0.3 is 0 Å². The Morgan fingerprint density at radius 2 is 1.71 bits per heavy atom. The van der Waals surface area contributed by atoms with Crippen molar-refractivity contribution in [2.24, 2.45) is 11.8 Å². The molecule has 1 aromatic rings. The van der Waals surface area contributed by atoms with Gasteiger partial charge in [-0.2, -0.15) is 0 Å². The van der Waals surface area contributed by atoms with E-state index in [4.69, 9.17) is 0 Å². The zero-order valence-electron chi connectivity index (χ0n) is 13.8. The largest absolute Gasteiger partial charge is 0.370 e. The van der Waals surface area contributed by atoms with Crippen molar-refractivity contribution in [3.05, 3.63) is 11.9 Å². The average molecular weight is 290 g/mol. The fourth-order valence-corrected chi connectivity index (χ4v) is 3.23. The molecule has 1 saturated carbocycles. The second-order valence-electron chi connectivity index (χ2n) is 6.27. The van der Waals surface area contributed by atoms with E-state index in [2.05, 4.69) is 41.4 Å². The summed E-state index contributed by atoms with van der Waals surface area (Å²) in [5, 5.41) is 6.85. The van der Waals surface area contributed by atoms with Crippen LogP contribution >= 0.6 is 0 Å². The van der Waals surface area contributed by atoms with Crippen molar-refractivity contribution in [1.82, 2.24) is 9.97 Å². The van der Waals surface area contributed by atoms with Crippen molar-refractivity contribution in [2.75, 3.05) is 23.7 Å². The fraction of sp³-hybridized carbons (Fsp3) is 0.765. The maximum absolute atomic E-state index is 4.42. The number of hydrogen-bond donors (Lipinski definition) is 2. The Balaban J connectivity index is 1.86. The zero-order chi connectivity index (χ0) is 15.1. The first-order valence-electron chi connectivity index (χ1n) is 8.56. The van der Waals surface area contributed by atoms with Gasteiger partial charge in [-0.05, 0) is 31.6 Å². The van der Waals surface area contributed by atoms with Crippen molar-refractivity contribution in [3.63, 3.8) is 0 Å². The molecule has 0 saturated heterocycles. The lowest BCUT2D eigenvalue weighted by atomic mass is 9.81. The highest BCUT2D eigenvalue weighted by Crippen LogP contribution is 2.30. The zero-order valence-corrected chi connectivity index (χ0v) is 13.8. The molecule has 2 rings (SSSR count). The number of nitrogens with zero attached hydrogens (tertiary/aromatic N) is 2. The van der Waals surface area contributed by atoms with E-state index in [1.54, 1.807) is 6.33 Å². The van der Waals surface area contributed by atoms with Crippen LogP contribution in [0.5, 0.6) is 0 Å². The van der Waals surface area contributed by atoms with Crippen molar-refractivity contribution >= 4 is 11.6 Å². The number of hydrogen-bond acceptors (Lipinski definition) is 4. The van der Waals surface area contributed by atoms with Gasteiger partial charge in [0.05, 0.1) is 0 Å². The predicted octanol–water partition coefficient (Wildman–Crippen LogP) is 4.10. The Hall–Kier alpha value is -1.32. The molecule has 0 amide bonds. The molecular formula is C17H30N4. The molecule has 0 radical (unpaired) electrons. The molecule has 1 heterocycles. The number of nitrogens with one attached hydrogen (secondary N) is 2. The summed E-state index contributed by atoms with van der Waals surface area (Å²) in [4.78, 5) is 8.77. The molecule has 1 fully saturated rings. The Kier molecular flexibility index (Phi) is 6.27. The minimum atomic E-state index is 0.893. The van der Waals surface area contributed by atoms with Crippen LogP contribution in [-0.4, -0.2) is 23.1 Å². The normalized spacial score (nSPS) is 22.0. The average Bonchev–Trinajstić information content (AvgIpc) is 2.50. The summed E-state index contributed by atoms with van der Waals surface area (Å²) in [6.45, 7) is 8.55. The molecule has 21 heavy (non-hydrogen) atoms. The van der Waals surface area contributed by atoms with Crippen LogP contribution in [0.25, 0.3) is 0 Å². The van der Waals surface area contributed by atoms with E-state index in [1.165, 1.54) is 37.7 Å². The second kappa shape index (κ2) is 8.20. The topological polar surface area (TPSA) is 49.8 Å². The van der Waals surface area contributed by atoms with Gasteiger partial charge in [0.2, 0.25) is 0 Å². The molecule has 4 nitrogen and oxygen atoms in total. The molecule has 0 aliphatic heterocycles. The third-order valence-corrected chi connectivity index (χ3v) is 4.62. The van der Waals surface area contributed by atoms with Crippen molar-refractivity contribution in [2.45, 2.75) is 59.3 Å². The summed E-state index contributed by atoms with van der Waals surface area (Å²) in [6, 6.07) is 0. The Bertz CT molecular complexity index is 425. The quantitative estimate of drug-likeness (QED) is 0.794. The Morgan fingerprint density at radius 3 is 2.33 bits per heavy atom. The lowest BCUT2D eigenvalue weighted by Crippen LogP contribution is -2.17. The fourth-order valence-electron chi connectivity index (χ4n) is 3.23. The highest BCUT2D eigenvalue weighted by atomic mass is 15.1. The van der Waals surface area contributed by atoms with Crippen molar-refractivity contribution in [3.8, 4) is 0 Å². The molecule has 1 aliphatic carbocycles. The summed E-state index contributed by atoms with van der Waals surface area (Å²) >= 11 is 0. The molecule has 118 valence electrons. The lowest BCUT2D eigenvalue weighted by Gasteiger charge is -2.26. The standard InChI is InChI=1S/C17H30N4/c1-4-15-16(18-5-2)20-12-21-17(15)19-11-10-14-8-6-13(3)7-9-14/h12-14H,4-11H2,1-3H3,(H2,18,19,20,21). The first kappa shape index (κ1) is 16.1. The van der Waals surface area contributed by atoms with Crippen LogP contribution in [0.2, 0.25) is 0 Å². The minimum absolute atomic E-state index is 0.893. The van der Waals surface area contributed by atoms with Crippen LogP contribution in [0, 0.1) is 11.8 Å². The van der Waals surface area contributed by atoms with Crippen LogP contribution in [0.4, 0.5) is 11.6 Å². The van der Waals surface area contributed by atoms with Gasteiger partial charge in [-0.25, -0.2) is 9.97 Å². The molecule has 0 aromatic carbocycles. The molecule has 1 aromatic heterocycles. The van der Waals surface area contributed by atoms with E-state index in [9.17, 15) is 0 Å². The molecule has 1 aliphatic rings. The third-order valence-electron chi connectivity index (χ3n) is 4.62. The van der Waals surface area contributed by atoms with Gasteiger partial charge in [-0.1, -0.05) is 39.5 Å². The van der Waals surface area contributed by atoms with Gasteiger partial charge in [0.15, 0.2) is 0 Å². The summed E-state index contributed by atoms with van der Waals surface area (Å²) in [7, 11) is 0. The van der Waals surface area contributed by atoms with E-state index in [0.717, 1.165) is 43.0 Å². The predicted molar refractivity (Wildman–Crippen MR) is 89.8 cm³/mol. The Labute approximate surface area is 129 Å². The maximum Gasteiger partial charge on any atom is 0.134 e. The molecule has 0 atom stereocenters. The van der Waals surface area contributed by atoms with Gasteiger partial charge in [-0.15, -0.1) is 0 Å². The van der Waals surface area contributed by atoms with E-state index < -0.39 is 0 Å². The highest BCUT2D eigenvalue weighted by Gasteiger charge is 2.18. The molecule has 0 spiro atoms. The maximum atomic E-state index is 4.42. The van der Waals surface area contributed by atoms with Gasteiger partial charge in [0.25, 0.3) is 0 Å². The SMILES string of the molecule is CCNc1ncnc(NCCC2CCC(C)CC2)c1CC. The van der Waals surface area contributed by atoms with E-state index in [0.29, 0.717) is 0 Å². The molecule has 2 N–H and O–H groups in total. The van der Waals surface area contributed by atoms with E-state index >= 15 is 0 Å². The second-order valence-corrected chi connectivity index (χ2v) is 6.27. The van der Waals surface area contributed by atoms with Gasteiger partial charge in [0, 0.05) is 18.7 Å². The minimum Gasteiger partial charge on any atom is -0.370 e. The molecular weight excluding hydrogens is 260 g/mol. The summed E-state index contributed by atoms with van der Waals surface area (Å²) in [6.07, 6.45) is 9.47. The lowest BCUT2D eigenvalue weighted by molar-refractivity contribution is 0.282. The summed E-state index contributed by atoms with van der Waals surface area (Å²) in [5.74, 6) is 3.82. The highest BCUT2D eigenvalue weighted by molar-refractivity contribution is 5.57. The number of anilines is 2. The van der Waals surface area contributed by atoms with E-state index in [1.807, 2.05) is 0 Å². The summed E-state index contributed by atoms with van der Waals surface area (Å²) in [5.41, 5.74) is 1.21. The van der Waals surface area contributed by atoms with Gasteiger partial charge in [0.1, 0.15) is 18.0 Å². The first-order valence-corrected chi connectivity index (χ1v) is 8.56. The number of rotatable bonds is 7. The third kappa shape index (κ3) is 4.58.